The first kappa shape index (κ1) is 16.1. The molecule has 0 aromatic heterocycles. The van der Waals surface area contributed by atoms with Gasteiger partial charge in [-0.3, -0.25) is 4.79 Å². The Bertz CT molecular complexity index is 607. The van der Waals surface area contributed by atoms with E-state index in [0.717, 1.165) is 4.31 Å². The second kappa shape index (κ2) is 6.02. The fourth-order valence-corrected chi connectivity index (χ4v) is 2.84. The minimum Gasteiger partial charge on any atom is -0.480 e. The van der Waals surface area contributed by atoms with E-state index >= 15 is 0 Å². The SMILES string of the molecule is C[C@@H](C(=O)O)N(C)S(=O)(=O)Cc1ccc(C(=O)O)cc1. The van der Waals surface area contributed by atoms with Crippen molar-refractivity contribution < 1.29 is 28.2 Å². The number of benzene rings is 1. The molecule has 0 radical (unpaired) electrons. The minimum absolute atomic E-state index is 0.0541. The summed E-state index contributed by atoms with van der Waals surface area (Å²) in [6, 6.07) is 4.21. The summed E-state index contributed by atoms with van der Waals surface area (Å²) in [4.78, 5) is 21.5. The highest BCUT2D eigenvalue weighted by Gasteiger charge is 2.27. The number of aliphatic carboxylic acids is 1. The average molecular weight is 301 g/mol. The van der Waals surface area contributed by atoms with Gasteiger partial charge in [0.25, 0.3) is 0 Å². The van der Waals surface area contributed by atoms with Gasteiger partial charge in [-0.05, 0) is 24.6 Å². The Hall–Kier alpha value is -1.93. The third-order valence-electron chi connectivity index (χ3n) is 2.89. The van der Waals surface area contributed by atoms with Crippen LogP contribution in [0.1, 0.15) is 22.8 Å². The lowest BCUT2D eigenvalue weighted by molar-refractivity contribution is -0.140. The number of hydrogen-bond acceptors (Lipinski definition) is 4. The second-order valence-electron chi connectivity index (χ2n) is 4.29. The van der Waals surface area contributed by atoms with Crippen molar-refractivity contribution in [2.75, 3.05) is 7.05 Å². The second-order valence-corrected chi connectivity index (χ2v) is 6.32. The van der Waals surface area contributed by atoms with Crippen LogP contribution >= 0.6 is 0 Å². The Morgan fingerprint density at radius 2 is 1.70 bits per heavy atom. The summed E-state index contributed by atoms with van der Waals surface area (Å²) < 4.78 is 24.8. The van der Waals surface area contributed by atoms with Crippen molar-refractivity contribution in [3.63, 3.8) is 0 Å². The lowest BCUT2D eigenvalue weighted by atomic mass is 10.1. The van der Waals surface area contributed by atoms with Gasteiger partial charge in [0, 0.05) is 7.05 Å². The molecule has 0 saturated carbocycles. The molecule has 20 heavy (non-hydrogen) atoms. The highest BCUT2D eigenvalue weighted by molar-refractivity contribution is 7.88. The molecule has 7 nitrogen and oxygen atoms in total. The van der Waals surface area contributed by atoms with Crippen molar-refractivity contribution in [2.45, 2.75) is 18.7 Å². The van der Waals surface area contributed by atoms with Crippen LogP contribution in [0.15, 0.2) is 24.3 Å². The zero-order valence-electron chi connectivity index (χ0n) is 11.0. The molecule has 0 aliphatic heterocycles. The van der Waals surface area contributed by atoms with Crippen molar-refractivity contribution in [3.05, 3.63) is 35.4 Å². The van der Waals surface area contributed by atoms with Crippen LogP contribution in [0.25, 0.3) is 0 Å². The zero-order chi connectivity index (χ0) is 15.5. The summed E-state index contributed by atoms with van der Waals surface area (Å²) in [5, 5.41) is 17.5. The molecular weight excluding hydrogens is 286 g/mol. The zero-order valence-corrected chi connectivity index (χ0v) is 11.8. The van der Waals surface area contributed by atoms with Gasteiger partial charge in [-0.2, -0.15) is 4.31 Å². The lowest BCUT2D eigenvalue weighted by Gasteiger charge is -2.21. The average Bonchev–Trinajstić information content (AvgIpc) is 2.36. The van der Waals surface area contributed by atoms with Crippen LogP contribution in [0, 0.1) is 0 Å². The van der Waals surface area contributed by atoms with E-state index < -0.39 is 28.0 Å². The summed E-state index contributed by atoms with van der Waals surface area (Å²) >= 11 is 0. The molecule has 0 aliphatic carbocycles. The molecule has 0 aliphatic rings. The number of aromatic carboxylic acids is 1. The fourth-order valence-electron chi connectivity index (χ4n) is 1.45. The molecule has 0 unspecified atom stereocenters. The Kier molecular flexibility index (Phi) is 4.85. The highest BCUT2D eigenvalue weighted by atomic mass is 32.2. The molecule has 1 rings (SSSR count). The molecule has 0 saturated heterocycles. The summed E-state index contributed by atoms with van der Waals surface area (Å²) in [6.45, 7) is 1.27. The monoisotopic (exact) mass is 301 g/mol. The normalized spacial score (nSPS) is 13.2. The Morgan fingerprint density at radius 1 is 1.20 bits per heavy atom. The van der Waals surface area contributed by atoms with Crippen LogP contribution < -0.4 is 0 Å². The molecule has 0 heterocycles. The smallest absolute Gasteiger partial charge is 0.335 e. The van der Waals surface area contributed by atoms with E-state index in [-0.39, 0.29) is 11.3 Å². The van der Waals surface area contributed by atoms with Crippen molar-refractivity contribution in [1.29, 1.82) is 0 Å². The molecule has 0 bridgehead atoms. The first-order valence-electron chi connectivity index (χ1n) is 5.66. The van der Waals surface area contributed by atoms with Crippen molar-refractivity contribution in [1.82, 2.24) is 4.31 Å². The van der Waals surface area contributed by atoms with E-state index in [1.165, 1.54) is 38.2 Å². The third-order valence-corrected chi connectivity index (χ3v) is 4.78. The van der Waals surface area contributed by atoms with Gasteiger partial charge in [0.05, 0.1) is 11.3 Å². The topological polar surface area (TPSA) is 112 Å². The molecule has 110 valence electrons. The van der Waals surface area contributed by atoms with Crippen LogP contribution in [0.4, 0.5) is 0 Å². The molecule has 0 amide bonds. The van der Waals surface area contributed by atoms with Gasteiger partial charge >= 0.3 is 11.9 Å². The molecule has 8 heteroatoms. The summed E-state index contributed by atoms with van der Waals surface area (Å²) in [6.07, 6.45) is 0. The number of carboxylic acid groups (broad SMARTS) is 2. The molecule has 1 atom stereocenters. The van der Waals surface area contributed by atoms with Gasteiger partial charge in [0.15, 0.2) is 0 Å². The predicted molar refractivity (Wildman–Crippen MR) is 70.9 cm³/mol. The Labute approximate surface area is 116 Å². The van der Waals surface area contributed by atoms with Crippen molar-refractivity contribution >= 4 is 22.0 Å². The number of likely N-dealkylation sites (N-methyl/N-ethyl adjacent to an activating group) is 1. The van der Waals surface area contributed by atoms with E-state index in [1.54, 1.807) is 0 Å². The van der Waals surface area contributed by atoms with Crippen molar-refractivity contribution in [2.24, 2.45) is 0 Å². The highest BCUT2D eigenvalue weighted by Crippen LogP contribution is 2.13. The van der Waals surface area contributed by atoms with Gasteiger partial charge in [0.1, 0.15) is 6.04 Å². The predicted octanol–water partition coefficient (Wildman–Crippen LogP) is 0.620. The molecule has 1 aromatic rings. The van der Waals surface area contributed by atoms with Gasteiger partial charge in [-0.25, -0.2) is 13.2 Å². The van der Waals surface area contributed by atoms with Crippen LogP contribution in [-0.2, 0) is 20.6 Å². The first-order chi connectivity index (χ1) is 9.15. The van der Waals surface area contributed by atoms with E-state index in [9.17, 15) is 18.0 Å². The largest absolute Gasteiger partial charge is 0.480 e. The maximum atomic E-state index is 12.0. The van der Waals surface area contributed by atoms with Crippen LogP contribution in [0.3, 0.4) is 0 Å². The van der Waals surface area contributed by atoms with E-state index in [2.05, 4.69) is 0 Å². The maximum absolute atomic E-state index is 12.0. The number of sulfonamides is 1. The fraction of sp³-hybridized carbons (Fsp3) is 0.333. The number of hydrogen-bond donors (Lipinski definition) is 2. The number of carboxylic acids is 2. The van der Waals surface area contributed by atoms with Crippen LogP contribution in [0.2, 0.25) is 0 Å². The standard InChI is InChI=1S/C12H15NO6S/c1-8(11(14)15)13(2)20(18,19)7-9-3-5-10(6-4-9)12(16)17/h3-6,8H,7H2,1-2H3,(H,14,15)(H,16,17)/t8-/m0/s1. The van der Waals surface area contributed by atoms with Gasteiger partial charge in [0.2, 0.25) is 10.0 Å². The van der Waals surface area contributed by atoms with Crippen LogP contribution in [0.5, 0.6) is 0 Å². The molecule has 1 aromatic carbocycles. The number of nitrogens with zero attached hydrogens (tertiary/aromatic N) is 1. The van der Waals surface area contributed by atoms with Gasteiger partial charge in [-0.15, -0.1) is 0 Å². The van der Waals surface area contributed by atoms with Gasteiger partial charge < -0.3 is 10.2 Å². The molecule has 0 fully saturated rings. The summed E-state index contributed by atoms with van der Waals surface area (Å²) in [5.41, 5.74) is 0.442. The Morgan fingerprint density at radius 3 is 2.10 bits per heavy atom. The third kappa shape index (κ3) is 3.78. The lowest BCUT2D eigenvalue weighted by Crippen LogP contribution is -2.40. The Balaban J connectivity index is 2.91. The molecule has 0 spiro atoms. The van der Waals surface area contributed by atoms with E-state index in [0.29, 0.717) is 5.56 Å². The van der Waals surface area contributed by atoms with Crippen LogP contribution in [-0.4, -0.2) is 48.0 Å². The molecular formula is C12H15NO6S. The van der Waals surface area contributed by atoms with E-state index in [4.69, 9.17) is 10.2 Å². The summed E-state index contributed by atoms with van der Waals surface area (Å²) in [7, 11) is -2.59. The minimum atomic E-state index is -3.79. The van der Waals surface area contributed by atoms with E-state index in [1.807, 2.05) is 0 Å². The quantitative estimate of drug-likeness (QED) is 0.796. The summed E-state index contributed by atoms with van der Waals surface area (Å²) in [5.74, 6) is -2.73. The number of carbonyl (C=O) groups is 2. The number of rotatable bonds is 6. The molecule has 2 N–H and O–H groups in total. The maximum Gasteiger partial charge on any atom is 0.335 e. The van der Waals surface area contributed by atoms with Gasteiger partial charge in [-0.1, -0.05) is 12.1 Å². The van der Waals surface area contributed by atoms with Crippen molar-refractivity contribution in [3.8, 4) is 0 Å². The first-order valence-corrected chi connectivity index (χ1v) is 7.27.